The van der Waals surface area contributed by atoms with Crippen LogP contribution in [0.5, 0.6) is 0 Å². The molecule has 2 rings (SSSR count). The van der Waals surface area contributed by atoms with Crippen LogP contribution in [0.1, 0.15) is 5.69 Å². The molecule has 1 amide bonds. The van der Waals surface area contributed by atoms with Crippen molar-refractivity contribution in [2.75, 3.05) is 27.2 Å². The third-order valence-electron chi connectivity index (χ3n) is 2.71. The first-order valence-corrected chi connectivity index (χ1v) is 6.19. The molecule has 0 saturated carbocycles. The monoisotopic (exact) mass is 258 g/mol. The Morgan fingerprint density at radius 3 is 3.11 bits per heavy atom. The van der Waals surface area contributed by atoms with Gasteiger partial charge in [0.25, 0.3) is 0 Å². The maximum atomic E-state index is 11.6. The first-order valence-electron chi connectivity index (χ1n) is 6.19. The predicted octanol–water partition coefficient (Wildman–Crippen LogP) is 1.03. The summed E-state index contributed by atoms with van der Waals surface area (Å²) in [7, 11) is 3.95. The lowest BCUT2D eigenvalue weighted by atomic mass is 10.3. The van der Waals surface area contributed by atoms with Crippen LogP contribution in [0.25, 0.3) is 11.7 Å². The number of pyridine rings is 1. The van der Waals surface area contributed by atoms with E-state index in [9.17, 15) is 4.79 Å². The third-order valence-corrected chi connectivity index (χ3v) is 2.71. The van der Waals surface area contributed by atoms with Gasteiger partial charge in [0, 0.05) is 25.4 Å². The van der Waals surface area contributed by atoms with Crippen molar-refractivity contribution in [3.63, 3.8) is 0 Å². The second kappa shape index (κ2) is 6.15. The lowest BCUT2D eigenvalue weighted by molar-refractivity contribution is -0.116. The average Bonchev–Trinajstić information content (AvgIpc) is 2.79. The minimum absolute atomic E-state index is 0.0901. The van der Waals surface area contributed by atoms with Crippen LogP contribution in [0.15, 0.2) is 36.7 Å². The molecule has 0 spiro atoms. The number of nitrogens with zero attached hydrogens (tertiary/aromatic N) is 3. The summed E-state index contributed by atoms with van der Waals surface area (Å²) in [5.74, 6) is -0.0901. The summed E-state index contributed by atoms with van der Waals surface area (Å²) < 4.78 is 1.93. The molecule has 0 aromatic carbocycles. The van der Waals surface area contributed by atoms with Crippen LogP contribution in [0, 0.1) is 0 Å². The highest BCUT2D eigenvalue weighted by Gasteiger charge is 2.00. The van der Waals surface area contributed by atoms with Crippen LogP contribution in [0.2, 0.25) is 0 Å². The first-order chi connectivity index (χ1) is 9.16. The summed E-state index contributed by atoms with van der Waals surface area (Å²) in [4.78, 5) is 17.9. The Morgan fingerprint density at radius 2 is 2.32 bits per heavy atom. The van der Waals surface area contributed by atoms with Gasteiger partial charge in [-0.2, -0.15) is 0 Å². The largest absolute Gasteiger partial charge is 0.351 e. The van der Waals surface area contributed by atoms with E-state index >= 15 is 0 Å². The molecule has 0 radical (unpaired) electrons. The molecule has 0 atom stereocenters. The summed E-state index contributed by atoms with van der Waals surface area (Å²) in [5, 5.41) is 2.83. The van der Waals surface area contributed by atoms with Gasteiger partial charge in [-0.1, -0.05) is 6.07 Å². The summed E-state index contributed by atoms with van der Waals surface area (Å²) in [5.41, 5.74) is 1.76. The maximum absolute atomic E-state index is 11.6. The van der Waals surface area contributed by atoms with Gasteiger partial charge in [-0.25, -0.2) is 4.98 Å². The van der Waals surface area contributed by atoms with Crippen molar-refractivity contribution in [3.05, 3.63) is 42.4 Å². The quantitative estimate of drug-likeness (QED) is 0.815. The zero-order valence-corrected chi connectivity index (χ0v) is 11.2. The van der Waals surface area contributed by atoms with Gasteiger partial charge in [0.2, 0.25) is 5.91 Å². The Kier molecular flexibility index (Phi) is 4.30. The first kappa shape index (κ1) is 13.3. The standard InChI is InChI=1S/C14H18N4O/c1-17(2)10-8-15-14(19)7-6-12-11-16-13-5-3-4-9-18(12)13/h3-7,9,11H,8,10H2,1-2H3,(H,15,19)/b7-6+. The number of likely N-dealkylation sites (N-methyl/N-ethyl adjacent to an activating group) is 1. The molecule has 2 heterocycles. The topological polar surface area (TPSA) is 49.6 Å². The van der Waals surface area contributed by atoms with E-state index in [2.05, 4.69) is 10.3 Å². The number of carbonyl (C=O) groups is 1. The Balaban J connectivity index is 1.96. The van der Waals surface area contributed by atoms with Crippen LogP contribution in [0.4, 0.5) is 0 Å². The molecule has 0 aliphatic heterocycles. The van der Waals surface area contributed by atoms with Crippen molar-refractivity contribution in [2.24, 2.45) is 0 Å². The van der Waals surface area contributed by atoms with E-state index in [1.54, 1.807) is 12.3 Å². The molecule has 2 aromatic rings. The van der Waals surface area contributed by atoms with Gasteiger partial charge in [0.1, 0.15) is 5.65 Å². The minimum Gasteiger partial charge on any atom is -0.351 e. The molecule has 5 nitrogen and oxygen atoms in total. The number of hydrogen-bond acceptors (Lipinski definition) is 3. The number of carbonyl (C=O) groups excluding carboxylic acids is 1. The number of hydrogen-bond donors (Lipinski definition) is 1. The average molecular weight is 258 g/mol. The lowest BCUT2D eigenvalue weighted by Crippen LogP contribution is -2.30. The van der Waals surface area contributed by atoms with Gasteiger partial charge >= 0.3 is 0 Å². The second-order valence-corrected chi connectivity index (χ2v) is 4.54. The van der Waals surface area contributed by atoms with E-state index in [-0.39, 0.29) is 5.91 Å². The number of rotatable bonds is 5. The number of fused-ring (bicyclic) bond motifs is 1. The molecule has 0 aliphatic rings. The highest BCUT2D eigenvalue weighted by Crippen LogP contribution is 2.07. The van der Waals surface area contributed by atoms with E-state index in [1.165, 1.54) is 6.08 Å². The zero-order valence-electron chi connectivity index (χ0n) is 11.2. The summed E-state index contributed by atoms with van der Waals surface area (Å²) >= 11 is 0. The van der Waals surface area contributed by atoms with Gasteiger partial charge in [-0.3, -0.25) is 4.79 Å². The second-order valence-electron chi connectivity index (χ2n) is 4.54. The van der Waals surface area contributed by atoms with Crippen LogP contribution in [-0.2, 0) is 4.79 Å². The van der Waals surface area contributed by atoms with Crippen LogP contribution in [0.3, 0.4) is 0 Å². The van der Waals surface area contributed by atoms with E-state index < -0.39 is 0 Å². The van der Waals surface area contributed by atoms with Crippen molar-refractivity contribution < 1.29 is 4.79 Å². The fourth-order valence-electron chi connectivity index (χ4n) is 1.70. The van der Waals surface area contributed by atoms with Gasteiger partial charge in [0.05, 0.1) is 11.9 Å². The molecule has 0 bridgehead atoms. The Hall–Kier alpha value is -2.14. The molecule has 19 heavy (non-hydrogen) atoms. The van der Waals surface area contributed by atoms with E-state index in [4.69, 9.17) is 0 Å². The van der Waals surface area contributed by atoms with Crippen molar-refractivity contribution in [3.8, 4) is 0 Å². The molecular formula is C14H18N4O. The highest BCUT2D eigenvalue weighted by atomic mass is 16.1. The number of amides is 1. The van der Waals surface area contributed by atoms with Crippen LogP contribution < -0.4 is 5.32 Å². The summed E-state index contributed by atoms with van der Waals surface area (Å²) in [6, 6.07) is 5.79. The fraction of sp³-hybridized carbons (Fsp3) is 0.286. The smallest absolute Gasteiger partial charge is 0.244 e. The maximum Gasteiger partial charge on any atom is 0.244 e. The van der Waals surface area contributed by atoms with E-state index in [1.807, 2.05) is 47.8 Å². The predicted molar refractivity (Wildman–Crippen MR) is 75.8 cm³/mol. The van der Waals surface area contributed by atoms with Crippen molar-refractivity contribution >= 4 is 17.6 Å². The van der Waals surface area contributed by atoms with Gasteiger partial charge < -0.3 is 14.6 Å². The summed E-state index contributed by atoms with van der Waals surface area (Å²) in [6.45, 7) is 1.47. The van der Waals surface area contributed by atoms with E-state index in [0.717, 1.165) is 17.9 Å². The molecule has 0 unspecified atom stereocenters. The molecule has 0 saturated heterocycles. The van der Waals surface area contributed by atoms with Gasteiger partial charge in [-0.15, -0.1) is 0 Å². The molecule has 2 aromatic heterocycles. The van der Waals surface area contributed by atoms with Crippen molar-refractivity contribution in [1.29, 1.82) is 0 Å². The van der Waals surface area contributed by atoms with Gasteiger partial charge in [-0.05, 0) is 32.3 Å². The van der Waals surface area contributed by atoms with Crippen LogP contribution >= 0.6 is 0 Å². The molecule has 1 N–H and O–H groups in total. The Morgan fingerprint density at radius 1 is 1.47 bits per heavy atom. The molecule has 100 valence electrons. The third kappa shape index (κ3) is 3.66. The van der Waals surface area contributed by atoms with E-state index in [0.29, 0.717) is 6.54 Å². The normalized spacial score (nSPS) is 11.5. The summed E-state index contributed by atoms with van der Waals surface area (Å²) in [6.07, 6.45) is 6.97. The minimum atomic E-state index is -0.0901. The highest BCUT2D eigenvalue weighted by molar-refractivity contribution is 5.91. The SMILES string of the molecule is CN(C)CCNC(=O)/C=C/c1cnc2ccccn12. The number of imidazole rings is 1. The van der Waals surface area contributed by atoms with Crippen molar-refractivity contribution in [1.82, 2.24) is 19.6 Å². The zero-order chi connectivity index (χ0) is 13.7. The Bertz CT molecular complexity index is 586. The molecule has 0 fully saturated rings. The molecule has 0 aliphatic carbocycles. The molecular weight excluding hydrogens is 240 g/mol. The van der Waals surface area contributed by atoms with Crippen molar-refractivity contribution in [2.45, 2.75) is 0 Å². The molecule has 5 heteroatoms. The van der Waals surface area contributed by atoms with Gasteiger partial charge in [0.15, 0.2) is 0 Å². The fourth-order valence-corrected chi connectivity index (χ4v) is 1.70. The lowest BCUT2D eigenvalue weighted by Gasteiger charge is -2.08. The Labute approximate surface area is 112 Å². The number of nitrogens with one attached hydrogen (secondary N) is 1. The number of aromatic nitrogens is 2. The van der Waals surface area contributed by atoms with Crippen LogP contribution in [-0.4, -0.2) is 47.4 Å².